The van der Waals surface area contributed by atoms with E-state index in [2.05, 4.69) is 16.0 Å². The second-order valence-electron chi connectivity index (χ2n) is 7.58. The van der Waals surface area contributed by atoms with Gasteiger partial charge >= 0.3 is 0 Å². The molecule has 3 N–H and O–H groups in total. The molecule has 1 aromatic carbocycles. The van der Waals surface area contributed by atoms with Gasteiger partial charge in [0.2, 0.25) is 11.8 Å². The van der Waals surface area contributed by atoms with Gasteiger partial charge in [0.15, 0.2) is 0 Å². The van der Waals surface area contributed by atoms with E-state index in [1.807, 2.05) is 20.8 Å². The Morgan fingerprint density at radius 2 is 1.93 bits per heavy atom. The lowest BCUT2D eigenvalue weighted by Crippen LogP contribution is -2.41. The number of carbonyl (C=O) groups is 3. The first-order chi connectivity index (χ1) is 12.8. The van der Waals surface area contributed by atoms with E-state index in [1.165, 1.54) is 4.90 Å². The summed E-state index contributed by atoms with van der Waals surface area (Å²) in [5, 5.41) is 8.84. The molecule has 148 valence electrons. The third-order valence-corrected chi connectivity index (χ3v) is 4.34. The van der Waals surface area contributed by atoms with Crippen molar-refractivity contribution in [2.45, 2.75) is 39.7 Å². The van der Waals surface area contributed by atoms with Gasteiger partial charge in [-0.1, -0.05) is 13.8 Å². The minimum Gasteiger partial charge on any atom is -0.376 e. The molecular weight excluding hydrogens is 344 g/mol. The van der Waals surface area contributed by atoms with Gasteiger partial charge in [-0.3, -0.25) is 14.4 Å². The van der Waals surface area contributed by atoms with Gasteiger partial charge in [0, 0.05) is 30.9 Å². The van der Waals surface area contributed by atoms with Gasteiger partial charge in [-0.25, -0.2) is 0 Å². The summed E-state index contributed by atoms with van der Waals surface area (Å²) < 4.78 is 0. The standard InChI is InChI=1S/C20H30N4O3/c1-13(2)10-22-20(27)15-5-8-17(14(3)9-15)21-11-19(26)24(4)12-18(25)23-16-6-7-16/h5,8-9,13,16,21H,6-7,10-12H2,1-4H3,(H,22,27)(H,23,25). The Labute approximate surface area is 160 Å². The Kier molecular flexibility index (Phi) is 7.21. The average molecular weight is 374 g/mol. The predicted molar refractivity (Wildman–Crippen MR) is 106 cm³/mol. The fourth-order valence-electron chi connectivity index (χ4n) is 2.51. The molecule has 2 rings (SSSR count). The molecule has 0 radical (unpaired) electrons. The summed E-state index contributed by atoms with van der Waals surface area (Å²) in [5.41, 5.74) is 2.27. The molecule has 0 atom stereocenters. The van der Waals surface area contributed by atoms with E-state index < -0.39 is 0 Å². The summed E-state index contributed by atoms with van der Waals surface area (Å²) in [6, 6.07) is 5.63. The molecular formula is C20H30N4O3. The van der Waals surface area contributed by atoms with Crippen LogP contribution in [-0.4, -0.2) is 55.3 Å². The SMILES string of the molecule is Cc1cc(C(=O)NCC(C)C)ccc1NCC(=O)N(C)CC(=O)NC1CC1. The van der Waals surface area contributed by atoms with Crippen LogP contribution in [0.2, 0.25) is 0 Å². The molecule has 0 aliphatic heterocycles. The van der Waals surface area contributed by atoms with Crippen LogP contribution < -0.4 is 16.0 Å². The first-order valence-corrected chi connectivity index (χ1v) is 9.42. The van der Waals surface area contributed by atoms with Crippen molar-refractivity contribution in [3.05, 3.63) is 29.3 Å². The highest BCUT2D eigenvalue weighted by molar-refractivity contribution is 5.95. The number of hydrogen-bond donors (Lipinski definition) is 3. The molecule has 27 heavy (non-hydrogen) atoms. The molecule has 0 saturated heterocycles. The predicted octanol–water partition coefficient (Wildman–Crippen LogP) is 1.53. The number of nitrogens with zero attached hydrogens (tertiary/aromatic N) is 1. The molecule has 0 bridgehead atoms. The van der Waals surface area contributed by atoms with Crippen LogP contribution in [0.4, 0.5) is 5.69 Å². The van der Waals surface area contributed by atoms with Crippen LogP contribution in [0.3, 0.4) is 0 Å². The fraction of sp³-hybridized carbons (Fsp3) is 0.550. The highest BCUT2D eigenvalue weighted by Gasteiger charge is 2.24. The average Bonchev–Trinajstić information content (AvgIpc) is 3.41. The summed E-state index contributed by atoms with van der Waals surface area (Å²) >= 11 is 0. The van der Waals surface area contributed by atoms with Crippen molar-refractivity contribution in [2.75, 3.05) is 32.0 Å². The van der Waals surface area contributed by atoms with Crippen LogP contribution in [0.15, 0.2) is 18.2 Å². The maximum absolute atomic E-state index is 12.2. The van der Waals surface area contributed by atoms with E-state index in [9.17, 15) is 14.4 Å². The molecule has 0 unspecified atom stereocenters. The second kappa shape index (κ2) is 9.39. The number of nitrogens with one attached hydrogen (secondary N) is 3. The Morgan fingerprint density at radius 1 is 1.22 bits per heavy atom. The second-order valence-corrected chi connectivity index (χ2v) is 7.58. The van der Waals surface area contributed by atoms with Crippen molar-refractivity contribution in [1.82, 2.24) is 15.5 Å². The lowest BCUT2D eigenvalue weighted by atomic mass is 10.1. The largest absolute Gasteiger partial charge is 0.376 e. The topological polar surface area (TPSA) is 90.5 Å². The van der Waals surface area contributed by atoms with Crippen LogP contribution >= 0.6 is 0 Å². The summed E-state index contributed by atoms with van der Waals surface area (Å²) in [6.07, 6.45) is 2.05. The van der Waals surface area contributed by atoms with Gasteiger partial charge in [-0.15, -0.1) is 0 Å². The highest BCUT2D eigenvalue weighted by Crippen LogP contribution is 2.18. The number of carbonyl (C=O) groups excluding carboxylic acids is 3. The molecule has 1 aromatic rings. The molecule has 0 heterocycles. The summed E-state index contributed by atoms with van der Waals surface area (Å²) in [5.74, 6) is 0.00146. The zero-order valence-corrected chi connectivity index (χ0v) is 16.6. The Bertz CT molecular complexity index is 698. The Hall–Kier alpha value is -2.57. The normalized spacial score (nSPS) is 13.2. The number of rotatable bonds is 9. The maximum Gasteiger partial charge on any atom is 0.251 e. The van der Waals surface area contributed by atoms with Crippen molar-refractivity contribution in [1.29, 1.82) is 0 Å². The smallest absolute Gasteiger partial charge is 0.251 e. The lowest BCUT2D eigenvalue weighted by molar-refractivity contribution is -0.133. The van der Waals surface area contributed by atoms with Gasteiger partial charge in [0.25, 0.3) is 5.91 Å². The quantitative estimate of drug-likeness (QED) is 0.611. The Morgan fingerprint density at radius 3 is 2.52 bits per heavy atom. The zero-order valence-electron chi connectivity index (χ0n) is 16.6. The van der Waals surface area contributed by atoms with Crippen molar-refractivity contribution in [2.24, 2.45) is 5.92 Å². The van der Waals surface area contributed by atoms with Crippen molar-refractivity contribution in [3.8, 4) is 0 Å². The minimum atomic E-state index is -0.168. The van der Waals surface area contributed by atoms with Crippen LogP contribution in [0.5, 0.6) is 0 Å². The van der Waals surface area contributed by atoms with Gasteiger partial charge in [-0.2, -0.15) is 0 Å². The van der Waals surface area contributed by atoms with Crippen molar-refractivity contribution >= 4 is 23.4 Å². The van der Waals surface area contributed by atoms with Crippen LogP contribution in [-0.2, 0) is 9.59 Å². The van der Waals surface area contributed by atoms with E-state index in [0.717, 1.165) is 24.1 Å². The molecule has 0 spiro atoms. The van der Waals surface area contributed by atoms with E-state index in [-0.39, 0.29) is 36.9 Å². The molecule has 7 heteroatoms. The number of anilines is 1. The fourth-order valence-corrected chi connectivity index (χ4v) is 2.51. The minimum absolute atomic E-state index is 0.0605. The lowest BCUT2D eigenvalue weighted by Gasteiger charge is -2.18. The van der Waals surface area contributed by atoms with Gasteiger partial charge in [0.05, 0.1) is 13.1 Å². The summed E-state index contributed by atoms with van der Waals surface area (Å²) in [6.45, 7) is 6.76. The van der Waals surface area contributed by atoms with Gasteiger partial charge < -0.3 is 20.9 Å². The summed E-state index contributed by atoms with van der Waals surface area (Å²) in [7, 11) is 1.62. The molecule has 3 amide bonds. The third-order valence-electron chi connectivity index (χ3n) is 4.34. The zero-order chi connectivity index (χ0) is 20.0. The van der Waals surface area contributed by atoms with Crippen LogP contribution in [0, 0.1) is 12.8 Å². The first kappa shape index (κ1) is 20.7. The molecule has 1 fully saturated rings. The number of likely N-dealkylation sites (N-methyl/N-ethyl adjacent to an activating group) is 1. The third kappa shape index (κ3) is 6.92. The van der Waals surface area contributed by atoms with E-state index in [1.54, 1.807) is 25.2 Å². The number of aryl methyl sites for hydroxylation is 1. The number of amides is 3. The molecule has 1 saturated carbocycles. The number of hydrogen-bond acceptors (Lipinski definition) is 4. The molecule has 1 aliphatic rings. The molecule has 0 aromatic heterocycles. The van der Waals surface area contributed by atoms with E-state index in [0.29, 0.717) is 18.0 Å². The van der Waals surface area contributed by atoms with Crippen LogP contribution in [0.25, 0.3) is 0 Å². The van der Waals surface area contributed by atoms with Crippen molar-refractivity contribution in [3.63, 3.8) is 0 Å². The summed E-state index contributed by atoms with van der Waals surface area (Å²) in [4.78, 5) is 37.5. The van der Waals surface area contributed by atoms with E-state index >= 15 is 0 Å². The van der Waals surface area contributed by atoms with Crippen molar-refractivity contribution < 1.29 is 14.4 Å². The van der Waals surface area contributed by atoms with Crippen LogP contribution in [0.1, 0.15) is 42.6 Å². The van der Waals surface area contributed by atoms with Gasteiger partial charge in [-0.05, 0) is 49.4 Å². The van der Waals surface area contributed by atoms with Gasteiger partial charge in [0.1, 0.15) is 0 Å². The molecule has 7 nitrogen and oxygen atoms in total. The monoisotopic (exact) mass is 374 g/mol. The first-order valence-electron chi connectivity index (χ1n) is 9.42. The van der Waals surface area contributed by atoms with E-state index in [4.69, 9.17) is 0 Å². The Balaban J connectivity index is 1.82. The maximum atomic E-state index is 12.2. The number of benzene rings is 1. The highest BCUT2D eigenvalue weighted by atomic mass is 16.2. The molecule has 1 aliphatic carbocycles.